The Balaban J connectivity index is 2.04. The van der Waals surface area contributed by atoms with Crippen molar-refractivity contribution in [2.24, 2.45) is 0 Å². The minimum atomic E-state index is -4.09. The second kappa shape index (κ2) is 13.3. The number of nitrogens with one attached hydrogen (secondary N) is 1. The minimum Gasteiger partial charge on any atom is -0.497 e. The molecule has 0 unspecified atom stereocenters. The van der Waals surface area contributed by atoms with E-state index in [9.17, 15) is 18.0 Å². The molecule has 0 aromatic heterocycles. The van der Waals surface area contributed by atoms with E-state index in [4.69, 9.17) is 4.74 Å². The highest BCUT2D eigenvalue weighted by Gasteiger charge is 2.32. The van der Waals surface area contributed by atoms with Crippen LogP contribution < -0.4 is 14.4 Å². The van der Waals surface area contributed by atoms with Crippen LogP contribution in [0.4, 0.5) is 5.69 Å². The zero-order valence-corrected chi connectivity index (χ0v) is 24.0. The van der Waals surface area contributed by atoms with Gasteiger partial charge in [-0.1, -0.05) is 43.3 Å². The maximum atomic E-state index is 14.0. The van der Waals surface area contributed by atoms with Crippen LogP contribution in [0.5, 0.6) is 5.75 Å². The molecule has 8 nitrogen and oxygen atoms in total. The number of hydrogen-bond donors (Lipinski definition) is 1. The predicted octanol–water partition coefficient (Wildman–Crippen LogP) is 4.45. The minimum absolute atomic E-state index is 0.0741. The molecule has 0 radical (unpaired) electrons. The highest BCUT2D eigenvalue weighted by atomic mass is 32.2. The van der Waals surface area contributed by atoms with Crippen LogP contribution in [0.1, 0.15) is 37.0 Å². The fraction of sp³-hybridized carbons (Fsp3) is 0.333. The number of hydrogen-bond acceptors (Lipinski definition) is 5. The van der Waals surface area contributed by atoms with E-state index in [0.717, 1.165) is 27.4 Å². The van der Waals surface area contributed by atoms with Gasteiger partial charge in [0.05, 0.1) is 17.7 Å². The van der Waals surface area contributed by atoms with Gasteiger partial charge in [-0.05, 0) is 80.3 Å². The Labute approximate surface area is 231 Å². The van der Waals surface area contributed by atoms with Crippen molar-refractivity contribution < 1.29 is 22.7 Å². The van der Waals surface area contributed by atoms with Crippen molar-refractivity contribution in [1.29, 1.82) is 0 Å². The molecule has 2 amide bonds. The largest absolute Gasteiger partial charge is 0.497 e. The first-order valence-corrected chi connectivity index (χ1v) is 14.4. The van der Waals surface area contributed by atoms with Gasteiger partial charge in [0.25, 0.3) is 10.0 Å². The number of nitrogens with zero attached hydrogens (tertiary/aromatic N) is 2. The summed E-state index contributed by atoms with van der Waals surface area (Å²) >= 11 is 0. The number of carbonyl (C=O) groups excluding carboxylic acids is 2. The predicted molar refractivity (Wildman–Crippen MR) is 153 cm³/mol. The van der Waals surface area contributed by atoms with E-state index >= 15 is 0 Å². The van der Waals surface area contributed by atoms with Gasteiger partial charge < -0.3 is 15.0 Å². The Hall–Kier alpha value is -3.85. The highest BCUT2D eigenvalue weighted by molar-refractivity contribution is 7.92. The van der Waals surface area contributed by atoms with Gasteiger partial charge in [-0.2, -0.15) is 0 Å². The monoisotopic (exact) mass is 551 g/mol. The summed E-state index contributed by atoms with van der Waals surface area (Å²) in [4.78, 5) is 28.4. The third-order valence-corrected chi connectivity index (χ3v) is 8.10. The molecule has 0 spiro atoms. The molecule has 1 N–H and O–H groups in total. The van der Waals surface area contributed by atoms with Gasteiger partial charge in [0.2, 0.25) is 11.8 Å². The summed E-state index contributed by atoms with van der Waals surface area (Å²) in [6, 6.07) is 19.8. The number of rotatable bonds is 12. The van der Waals surface area contributed by atoms with E-state index in [1.54, 1.807) is 62.6 Å². The summed E-state index contributed by atoms with van der Waals surface area (Å²) < 4.78 is 34.2. The zero-order valence-electron chi connectivity index (χ0n) is 23.2. The molecule has 9 heteroatoms. The summed E-state index contributed by atoms with van der Waals surface area (Å²) in [7, 11) is -2.54. The van der Waals surface area contributed by atoms with E-state index in [-0.39, 0.29) is 17.3 Å². The summed E-state index contributed by atoms with van der Waals surface area (Å²) in [5.74, 6) is -0.195. The van der Waals surface area contributed by atoms with Crippen LogP contribution >= 0.6 is 0 Å². The van der Waals surface area contributed by atoms with Crippen LogP contribution in [0.3, 0.4) is 0 Å². The van der Waals surface area contributed by atoms with Crippen molar-refractivity contribution in [1.82, 2.24) is 10.2 Å². The van der Waals surface area contributed by atoms with E-state index in [0.29, 0.717) is 18.0 Å². The van der Waals surface area contributed by atoms with Crippen molar-refractivity contribution in [3.8, 4) is 5.75 Å². The van der Waals surface area contributed by atoms with Crippen molar-refractivity contribution in [2.75, 3.05) is 24.5 Å². The first kappa shape index (κ1) is 29.7. The van der Waals surface area contributed by atoms with E-state index < -0.39 is 28.5 Å². The maximum absolute atomic E-state index is 14.0. The smallest absolute Gasteiger partial charge is 0.264 e. The van der Waals surface area contributed by atoms with Gasteiger partial charge in [-0.3, -0.25) is 13.9 Å². The molecule has 0 fully saturated rings. The molecule has 0 heterocycles. The lowest BCUT2D eigenvalue weighted by molar-refractivity contribution is -0.139. The molecule has 0 aliphatic rings. The van der Waals surface area contributed by atoms with Crippen LogP contribution in [0, 0.1) is 13.8 Å². The number of aryl methyl sites for hydroxylation is 2. The van der Waals surface area contributed by atoms with Crippen LogP contribution in [-0.2, 0) is 26.2 Å². The molecule has 0 bridgehead atoms. The van der Waals surface area contributed by atoms with E-state index in [1.165, 1.54) is 17.0 Å². The number of anilines is 1. The topological polar surface area (TPSA) is 96.0 Å². The van der Waals surface area contributed by atoms with Crippen LogP contribution in [0.15, 0.2) is 77.7 Å². The lowest BCUT2D eigenvalue weighted by atomic mass is 10.1. The first-order chi connectivity index (χ1) is 18.6. The molecule has 208 valence electrons. The highest BCUT2D eigenvalue weighted by Crippen LogP contribution is 2.27. The Kier molecular flexibility index (Phi) is 10.1. The second-order valence-electron chi connectivity index (χ2n) is 9.51. The average molecular weight is 552 g/mol. The number of benzene rings is 3. The van der Waals surface area contributed by atoms with Crippen LogP contribution in [0.25, 0.3) is 0 Å². The quantitative estimate of drug-likeness (QED) is 0.359. The normalized spacial score (nSPS) is 11.9. The Bertz CT molecular complexity index is 1370. The van der Waals surface area contributed by atoms with Gasteiger partial charge >= 0.3 is 0 Å². The number of carbonyl (C=O) groups is 2. The van der Waals surface area contributed by atoms with Crippen LogP contribution in [0.2, 0.25) is 0 Å². The van der Waals surface area contributed by atoms with E-state index in [2.05, 4.69) is 5.32 Å². The molecule has 3 rings (SSSR count). The van der Waals surface area contributed by atoms with Gasteiger partial charge in [-0.25, -0.2) is 8.42 Å². The molecular formula is C30H37N3O5S. The lowest BCUT2D eigenvalue weighted by Crippen LogP contribution is -2.51. The van der Waals surface area contributed by atoms with Crippen molar-refractivity contribution in [3.63, 3.8) is 0 Å². The van der Waals surface area contributed by atoms with Crippen molar-refractivity contribution >= 4 is 27.5 Å². The number of sulfonamides is 1. The van der Waals surface area contributed by atoms with E-state index in [1.807, 2.05) is 32.9 Å². The molecule has 3 aromatic carbocycles. The summed E-state index contributed by atoms with van der Waals surface area (Å²) in [5, 5.41) is 2.84. The Morgan fingerprint density at radius 1 is 0.949 bits per heavy atom. The molecule has 3 aromatic rings. The van der Waals surface area contributed by atoms with Gasteiger partial charge in [0, 0.05) is 13.1 Å². The SMILES string of the molecule is CCCNC(=O)[C@H](C)N(Cc1cccc(OC)c1)C(=O)CN(c1cc(C)cc(C)c1)S(=O)(=O)c1ccccc1. The summed E-state index contributed by atoms with van der Waals surface area (Å²) in [5.41, 5.74) is 2.87. The molecule has 0 aliphatic heterocycles. The third kappa shape index (κ3) is 7.60. The molecule has 0 saturated carbocycles. The maximum Gasteiger partial charge on any atom is 0.264 e. The average Bonchev–Trinajstić information content (AvgIpc) is 2.92. The number of ether oxygens (including phenoxy) is 1. The Morgan fingerprint density at radius 3 is 2.23 bits per heavy atom. The number of methoxy groups -OCH3 is 1. The second-order valence-corrected chi connectivity index (χ2v) is 11.4. The molecule has 0 aliphatic carbocycles. The standard InChI is InChI=1S/C30H37N3O5S/c1-6-15-31-30(35)24(4)32(20-25-11-10-12-27(19-25)38-5)29(34)21-33(26-17-22(2)16-23(3)18-26)39(36,37)28-13-8-7-9-14-28/h7-14,16-19,24H,6,15,20-21H2,1-5H3,(H,31,35)/t24-/m0/s1. The fourth-order valence-corrected chi connectivity index (χ4v) is 5.71. The molecule has 0 saturated heterocycles. The van der Waals surface area contributed by atoms with Gasteiger partial charge in [0.15, 0.2) is 0 Å². The van der Waals surface area contributed by atoms with Crippen molar-refractivity contribution in [3.05, 3.63) is 89.5 Å². The molecule has 1 atom stereocenters. The van der Waals surface area contributed by atoms with Crippen LogP contribution in [-0.4, -0.2) is 51.4 Å². The zero-order chi connectivity index (χ0) is 28.6. The summed E-state index contributed by atoms with van der Waals surface area (Å²) in [6.45, 7) is 7.44. The van der Waals surface area contributed by atoms with Gasteiger partial charge in [0.1, 0.15) is 18.3 Å². The molecule has 39 heavy (non-hydrogen) atoms. The molecular weight excluding hydrogens is 514 g/mol. The fourth-order valence-electron chi connectivity index (χ4n) is 4.29. The van der Waals surface area contributed by atoms with Gasteiger partial charge in [-0.15, -0.1) is 0 Å². The first-order valence-electron chi connectivity index (χ1n) is 12.9. The Morgan fingerprint density at radius 2 is 1.62 bits per heavy atom. The lowest BCUT2D eigenvalue weighted by Gasteiger charge is -2.32. The van der Waals surface area contributed by atoms with Crippen molar-refractivity contribution in [2.45, 2.75) is 51.6 Å². The third-order valence-electron chi connectivity index (χ3n) is 6.31. The number of amides is 2. The summed E-state index contributed by atoms with van der Waals surface area (Å²) in [6.07, 6.45) is 0.748.